The van der Waals surface area contributed by atoms with Crippen molar-refractivity contribution in [2.24, 2.45) is 0 Å². The summed E-state index contributed by atoms with van der Waals surface area (Å²) in [6.45, 7) is -0.480. The Morgan fingerprint density at radius 3 is 2.45 bits per heavy atom. The first-order valence-corrected chi connectivity index (χ1v) is 2.99. The minimum absolute atomic E-state index is 0. The molecule has 0 spiro atoms. The van der Waals surface area contributed by atoms with Gasteiger partial charge in [0.25, 0.3) is 0 Å². The highest BCUT2D eigenvalue weighted by Gasteiger charge is 2.30. The lowest BCUT2D eigenvalue weighted by molar-refractivity contribution is -0.128. The highest BCUT2D eigenvalue weighted by molar-refractivity contribution is 5.85. The molecule has 0 aromatic carbocycles. The Kier molecular flexibility index (Phi) is 2.77. The largest absolute Gasteiger partial charge is 0.316 e. The Hall–Kier alpha value is -0.120. The molecule has 2 N–H and O–H groups in total. The zero-order valence-electron chi connectivity index (χ0n) is 11.5. The van der Waals surface area contributed by atoms with Crippen molar-refractivity contribution in [3.05, 3.63) is 0 Å². The summed E-state index contributed by atoms with van der Waals surface area (Å²) < 4.78 is 35.7. The van der Waals surface area contributed by atoms with Crippen molar-refractivity contribution in [1.29, 1.82) is 0 Å². The van der Waals surface area contributed by atoms with E-state index in [1.165, 1.54) is 12.4 Å². The average Bonchev–Trinajstić information content (AvgIpc) is 2.03. The first-order valence-electron chi connectivity index (χ1n) is 5.49. The molecule has 0 aliphatic heterocycles. The van der Waals surface area contributed by atoms with Crippen LogP contribution in [-0.2, 0) is 4.79 Å². The van der Waals surface area contributed by atoms with Crippen LogP contribution >= 0.6 is 12.4 Å². The van der Waals surface area contributed by atoms with Crippen LogP contribution in [-0.4, -0.2) is 16.5 Å². The second kappa shape index (κ2) is 5.52. The molecule has 0 aliphatic rings. The first kappa shape index (κ1) is 5.51. The normalized spacial score (nSPS) is 24.1. The molecule has 68 valence electrons. The lowest BCUT2D eigenvalue weighted by atomic mass is 9.90. The summed E-state index contributed by atoms with van der Waals surface area (Å²) in [7, 11) is 0. The fraction of sp³-hybridized carbons (Fsp3) is 0.857. The molecule has 3 nitrogen and oxygen atoms in total. The minimum atomic E-state index is -2.95. The molecule has 0 saturated heterocycles. The van der Waals surface area contributed by atoms with Crippen LogP contribution in [0, 0.1) is 0 Å². The van der Waals surface area contributed by atoms with Gasteiger partial charge in [-0.05, 0) is 19.6 Å². The number of nitrogens with one attached hydrogen (secondary N) is 1. The smallest absolute Gasteiger partial charge is 0.152 e. The van der Waals surface area contributed by atoms with Gasteiger partial charge < -0.3 is 5.21 Å². The fourth-order valence-electron chi connectivity index (χ4n) is 0.637. The van der Waals surface area contributed by atoms with Crippen LogP contribution in [0.4, 0.5) is 0 Å². The van der Waals surface area contributed by atoms with Gasteiger partial charge in [-0.15, -0.1) is 12.4 Å². The molecule has 4 heteroatoms. The predicted molar refractivity (Wildman–Crippen MR) is 46.2 cm³/mol. The van der Waals surface area contributed by atoms with E-state index >= 15 is 0 Å². The van der Waals surface area contributed by atoms with E-state index in [-0.39, 0.29) is 18.8 Å². The number of Topliss-reactive ketones (excluding diaryl/α,β-unsaturated/α-hetero) is 1. The molecule has 1 unspecified atom stereocenters. The Balaban J connectivity index is 0. The van der Waals surface area contributed by atoms with Crippen molar-refractivity contribution in [2.45, 2.75) is 39.0 Å². The molecule has 0 fully saturated rings. The van der Waals surface area contributed by atoms with E-state index in [0.717, 1.165) is 6.92 Å². The van der Waals surface area contributed by atoms with E-state index in [4.69, 9.17) is 12.1 Å². The Morgan fingerprint density at radius 2 is 2.36 bits per heavy atom. The third-order valence-corrected chi connectivity index (χ3v) is 1.54. The SMILES string of the molecule is Cl.[2H]C([2H])([2H])C(=O)C(CC)(NO)C([2H])([2H])C. The number of hydroxylamine groups is 1. The topological polar surface area (TPSA) is 49.3 Å². The second-order valence-electron chi connectivity index (χ2n) is 1.95. The van der Waals surface area contributed by atoms with Crippen LogP contribution in [0.25, 0.3) is 0 Å². The molecular weight excluding hydrogens is 166 g/mol. The quantitative estimate of drug-likeness (QED) is 0.655. The third-order valence-electron chi connectivity index (χ3n) is 1.54. The van der Waals surface area contributed by atoms with Crippen molar-refractivity contribution in [3.63, 3.8) is 0 Å². The Labute approximate surface area is 80.6 Å². The van der Waals surface area contributed by atoms with Gasteiger partial charge in [0.2, 0.25) is 0 Å². The van der Waals surface area contributed by atoms with Gasteiger partial charge in [0, 0.05) is 6.85 Å². The fourth-order valence-corrected chi connectivity index (χ4v) is 0.637. The Morgan fingerprint density at radius 1 is 1.82 bits per heavy atom. The lowest BCUT2D eigenvalue weighted by Crippen LogP contribution is -2.48. The summed E-state index contributed by atoms with van der Waals surface area (Å²) in [5.41, 5.74) is -0.572. The van der Waals surface area contributed by atoms with Gasteiger partial charge >= 0.3 is 0 Å². The molecule has 0 amide bonds. The molecule has 0 aromatic heterocycles. The lowest BCUT2D eigenvalue weighted by Gasteiger charge is -2.26. The van der Waals surface area contributed by atoms with Gasteiger partial charge in [0.1, 0.15) is 5.54 Å². The van der Waals surface area contributed by atoms with Crippen molar-refractivity contribution >= 4 is 18.2 Å². The van der Waals surface area contributed by atoms with Crippen LogP contribution in [0.3, 0.4) is 0 Å². The summed E-state index contributed by atoms with van der Waals surface area (Å²) in [5.74, 6) is -1.33. The summed E-state index contributed by atoms with van der Waals surface area (Å²) in [5, 5.41) is 8.89. The predicted octanol–water partition coefficient (Wildman–Crippen LogP) is 1.53. The number of hydrogen-bond donors (Lipinski definition) is 2. The van der Waals surface area contributed by atoms with E-state index in [1.54, 1.807) is 0 Å². The van der Waals surface area contributed by atoms with Crippen molar-refractivity contribution < 1.29 is 16.9 Å². The van der Waals surface area contributed by atoms with Gasteiger partial charge in [-0.25, -0.2) is 0 Å². The number of rotatable bonds is 4. The highest BCUT2D eigenvalue weighted by Crippen LogP contribution is 2.14. The second-order valence-corrected chi connectivity index (χ2v) is 1.95. The molecule has 0 radical (unpaired) electrons. The van der Waals surface area contributed by atoms with Gasteiger partial charge in [-0.2, -0.15) is 5.48 Å². The van der Waals surface area contributed by atoms with Crippen LogP contribution in [0.5, 0.6) is 0 Å². The van der Waals surface area contributed by atoms with Crippen LogP contribution in [0.2, 0.25) is 0 Å². The minimum Gasteiger partial charge on any atom is -0.316 e. The highest BCUT2D eigenvalue weighted by atomic mass is 35.5. The van der Waals surface area contributed by atoms with Crippen molar-refractivity contribution in [3.8, 4) is 0 Å². The molecule has 11 heavy (non-hydrogen) atoms. The zero-order chi connectivity index (χ0) is 12.5. The van der Waals surface area contributed by atoms with Gasteiger partial charge in [-0.1, -0.05) is 13.8 Å². The number of halogens is 1. The molecule has 1 atom stereocenters. The number of hydrogen-bond acceptors (Lipinski definition) is 3. The van der Waals surface area contributed by atoms with E-state index in [1.807, 2.05) is 0 Å². The summed E-state index contributed by atoms with van der Waals surface area (Å²) in [6.07, 6.45) is -2.34. The number of ketones is 1. The van der Waals surface area contributed by atoms with Crippen LogP contribution in [0.15, 0.2) is 0 Å². The monoisotopic (exact) mass is 186 g/mol. The zero-order valence-corrected chi connectivity index (χ0v) is 7.29. The number of carbonyl (C=O) groups excluding carboxylic acids is 1. The molecular formula is C7H16ClNO2. The third kappa shape index (κ3) is 2.77. The maximum Gasteiger partial charge on any atom is 0.152 e. The molecule has 0 aromatic rings. The molecule has 0 aliphatic carbocycles. The Bertz CT molecular complexity index is 246. The maximum absolute atomic E-state index is 11.6. The maximum atomic E-state index is 11.6. The summed E-state index contributed by atoms with van der Waals surface area (Å²) >= 11 is 0. The molecule has 0 bridgehead atoms. The summed E-state index contributed by atoms with van der Waals surface area (Å²) in [6, 6.07) is 0. The summed E-state index contributed by atoms with van der Waals surface area (Å²) in [4.78, 5) is 11.6. The van der Waals surface area contributed by atoms with E-state index in [2.05, 4.69) is 0 Å². The average molecular weight is 187 g/mol. The van der Waals surface area contributed by atoms with Gasteiger partial charge in [0.05, 0.1) is 0 Å². The van der Waals surface area contributed by atoms with Crippen LogP contribution in [0.1, 0.15) is 40.3 Å². The molecule has 0 heterocycles. The first-order chi connectivity index (χ1) is 6.53. The van der Waals surface area contributed by atoms with E-state index < -0.39 is 24.5 Å². The molecule has 0 saturated carbocycles. The number of carbonyl (C=O) groups is 1. The van der Waals surface area contributed by atoms with Crippen LogP contribution < -0.4 is 5.48 Å². The van der Waals surface area contributed by atoms with Crippen molar-refractivity contribution in [2.75, 3.05) is 0 Å². The van der Waals surface area contributed by atoms with Gasteiger partial charge in [0.15, 0.2) is 5.78 Å². The molecule has 0 rings (SSSR count). The van der Waals surface area contributed by atoms with Gasteiger partial charge in [-0.3, -0.25) is 4.79 Å². The van der Waals surface area contributed by atoms with E-state index in [9.17, 15) is 4.79 Å². The standard InChI is InChI=1S/C7H15NO2.ClH/c1-4-7(5-2,8-10)6(3)9;/h8,10H,4-5H2,1-3H3;1H/i3D3,4D2;. The van der Waals surface area contributed by atoms with E-state index in [0.29, 0.717) is 0 Å². The van der Waals surface area contributed by atoms with Crippen molar-refractivity contribution in [1.82, 2.24) is 5.48 Å².